The number of ether oxygens (including phenoxy) is 1. The Bertz CT molecular complexity index is 256. The van der Waals surface area contributed by atoms with E-state index in [4.69, 9.17) is 4.74 Å². The minimum atomic E-state index is 0.387. The van der Waals surface area contributed by atoms with Crippen molar-refractivity contribution in [3.05, 3.63) is 0 Å². The highest BCUT2D eigenvalue weighted by molar-refractivity contribution is 7.80. The Morgan fingerprint density at radius 1 is 1.28 bits per heavy atom. The van der Waals surface area contributed by atoms with E-state index in [1.54, 1.807) is 0 Å². The molecule has 0 aliphatic carbocycles. The number of rotatable bonds is 3. The summed E-state index contributed by atoms with van der Waals surface area (Å²) in [5, 5.41) is 0. The zero-order chi connectivity index (χ0) is 13.0. The van der Waals surface area contributed by atoms with Gasteiger partial charge in [-0.15, -0.1) is 0 Å². The van der Waals surface area contributed by atoms with Crippen molar-refractivity contribution in [2.75, 3.05) is 52.2 Å². The van der Waals surface area contributed by atoms with Gasteiger partial charge in [-0.3, -0.25) is 4.90 Å². The van der Waals surface area contributed by atoms with E-state index in [0.717, 1.165) is 19.0 Å². The molecule has 0 radical (unpaired) electrons. The zero-order valence-electron chi connectivity index (χ0n) is 11.9. The summed E-state index contributed by atoms with van der Waals surface area (Å²) in [6.45, 7) is 9.08. The Morgan fingerprint density at radius 2 is 2.00 bits per heavy atom. The first-order valence-electron chi connectivity index (χ1n) is 7.26. The topological polar surface area (TPSA) is 15.7 Å². The van der Waals surface area contributed by atoms with Gasteiger partial charge in [0.2, 0.25) is 0 Å². The van der Waals surface area contributed by atoms with Crippen LogP contribution in [0.2, 0.25) is 0 Å². The Balaban J connectivity index is 1.97. The Kier molecular flexibility index (Phi) is 5.36. The first-order chi connectivity index (χ1) is 8.65. The summed E-state index contributed by atoms with van der Waals surface area (Å²) in [5.41, 5.74) is 0.387. The fraction of sp³-hybridized carbons (Fsp3) is 1.00. The standard InChI is InChI=1S/C14H28N2OS/c1-13-10-15(2)6-3-7-16(13)11-14(12-18)4-8-17-9-5-14/h13,18H,3-12H2,1-2H3. The lowest BCUT2D eigenvalue weighted by Crippen LogP contribution is -2.47. The molecule has 1 atom stereocenters. The van der Waals surface area contributed by atoms with Gasteiger partial charge in [-0.05, 0) is 57.5 Å². The van der Waals surface area contributed by atoms with Gasteiger partial charge in [0.05, 0.1) is 0 Å². The maximum atomic E-state index is 5.52. The number of hydrogen-bond acceptors (Lipinski definition) is 4. The molecule has 2 aliphatic rings. The first kappa shape index (κ1) is 14.6. The molecule has 2 saturated heterocycles. The van der Waals surface area contributed by atoms with Crippen LogP contribution in [0, 0.1) is 5.41 Å². The van der Waals surface area contributed by atoms with Gasteiger partial charge >= 0.3 is 0 Å². The fourth-order valence-electron chi connectivity index (χ4n) is 3.26. The van der Waals surface area contributed by atoms with Crippen molar-refractivity contribution in [2.45, 2.75) is 32.2 Å². The van der Waals surface area contributed by atoms with Gasteiger partial charge in [-0.1, -0.05) is 0 Å². The maximum absolute atomic E-state index is 5.52. The van der Waals surface area contributed by atoms with Gasteiger partial charge in [0.15, 0.2) is 0 Å². The molecular formula is C14H28N2OS. The van der Waals surface area contributed by atoms with Crippen LogP contribution in [0.15, 0.2) is 0 Å². The molecular weight excluding hydrogens is 244 g/mol. The molecule has 2 aliphatic heterocycles. The minimum absolute atomic E-state index is 0.387. The lowest BCUT2D eigenvalue weighted by Gasteiger charge is -2.41. The predicted molar refractivity (Wildman–Crippen MR) is 79.5 cm³/mol. The third-order valence-corrected chi connectivity index (χ3v) is 5.28. The average Bonchev–Trinajstić information content (AvgIpc) is 2.52. The van der Waals surface area contributed by atoms with Crippen LogP contribution in [0.25, 0.3) is 0 Å². The Hall–Kier alpha value is 0.230. The lowest BCUT2D eigenvalue weighted by atomic mass is 9.81. The highest BCUT2D eigenvalue weighted by Gasteiger charge is 2.35. The van der Waals surface area contributed by atoms with E-state index in [1.807, 2.05) is 0 Å². The van der Waals surface area contributed by atoms with Crippen LogP contribution in [-0.2, 0) is 4.74 Å². The van der Waals surface area contributed by atoms with Crippen LogP contribution in [0.5, 0.6) is 0 Å². The molecule has 0 spiro atoms. The summed E-state index contributed by atoms with van der Waals surface area (Å²) in [5.74, 6) is 0.995. The lowest BCUT2D eigenvalue weighted by molar-refractivity contribution is 0.00190. The van der Waals surface area contributed by atoms with Crippen molar-refractivity contribution in [3.63, 3.8) is 0 Å². The molecule has 2 heterocycles. The zero-order valence-corrected chi connectivity index (χ0v) is 12.8. The normalized spacial score (nSPS) is 31.2. The number of hydrogen-bond donors (Lipinski definition) is 1. The largest absolute Gasteiger partial charge is 0.381 e. The number of likely N-dealkylation sites (N-methyl/N-ethyl adjacent to an activating group) is 1. The molecule has 2 rings (SSSR count). The molecule has 2 fully saturated rings. The van der Waals surface area contributed by atoms with Gasteiger partial charge in [0.1, 0.15) is 0 Å². The molecule has 106 valence electrons. The van der Waals surface area contributed by atoms with Crippen molar-refractivity contribution in [1.29, 1.82) is 0 Å². The van der Waals surface area contributed by atoms with E-state index in [-0.39, 0.29) is 0 Å². The second-order valence-corrected chi connectivity index (χ2v) is 6.52. The molecule has 0 bridgehead atoms. The quantitative estimate of drug-likeness (QED) is 0.788. The highest BCUT2D eigenvalue weighted by Crippen LogP contribution is 2.33. The number of nitrogens with zero attached hydrogens (tertiary/aromatic N) is 2. The van der Waals surface area contributed by atoms with Gasteiger partial charge in [-0.25, -0.2) is 0 Å². The summed E-state index contributed by atoms with van der Waals surface area (Å²) in [4.78, 5) is 5.15. The van der Waals surface area contributed by atoms with Gasteiger partial charge in [0.25, 0.3) is 0 Å². The van der Waals surface area contributed by atoms with E-state index in [9.17, 15) is 0 Å². The van der Waals surface area contributed by atoms with Crippen molar-refractivity contribution in [2.24, 2.45) is 5.41 Å². The molecule has 0 aromatic heterocycles. The van der Waals surface area contributed by atoms with Crippen LogP contribution < -0.4 is 0 Å². The summed E-state index contributed by atoms with van der Waals surface area (Å²) < 4.78 is 5.52. The molecule has 0 aromatic rings. The Labute approximate surface area is 117 Å². The third-order valence-electron chi connectivity index (χ3n) is 4.61. The van der Waals surface area contributed by atoms with Crippen molar-refractivity contribution < 1.29 is 4.74 Å². The second kappa shape index (κ2) is 6.60. The van der Waals surface area contributed by atoms with Crippen molar-refractivity contribution >= 4 is 12.6 Å². The molecule has 4 heteroatoms. The predicted octanol–water partition coefficient (Wildman–Crippen LogP) is 1.74. The first-order valence-corrected chi connectivity index (χ1v) is 7.90. The van der Waals surface area contributed by atoms with E-state index in [0.29, 0.717) is 11.5 Å². The second-order valence-electron chi connectivity index (χ2n) is 6.21. The molecule has 0 N–H and O–H groups in total. The molecule has 1 unspecified atom stereocenters. The highest BCUT2D eigenvalue weighted by atomic mass is 32.1. The van der Waals surface area contributed by atoms with E-state index in [2.05, 4.69) is 36.4 Å². The van der Waals surface area contributed by atoms with Crippen molar-refractivity contribution in [3.8, 4) is 0 Å². The summed E-state index contributed by atoms with van der Waals surface area (Å²) in [7, 11) is 2.24. The average molecular weight is 272 g/mol. The smallest absolute Gasteiger partial charge is 0.0472 e. The monoisotopic (exact) mass is 272 g/mol. The summed E-state index contributed by atoms with van der Waals surface area (Å²) >= 11 is 4.63. The van der Waals surface area contributed by atoms with Crippen LogP contribution in [-0.4, -0.2) is 68.0 Å². The molecule has 0 amide bonds. The van der Waals surface area contributed by atoms with Crippen molar-refractivity contribution in [1.82, 2.24) is 9.80 Å². The molecule has 0 saturated carbocycles. The fourth-order valence-corrected chi connectivity index (χ4v) is 3.67. The van der Waals surface area contributed by atoms with Gasteiger partial charge in [0, 0.05) is 32.3 Å². The minimum Gasteiger partial charge on any atom is -0.381 e. The SMILES string of the molecule is CC1CN(C)CCCN1CC1(CS)CCOCC1. The number of thiol groups is 1. The molecule has 3 nitrogen and oxygen atoms in total. The van der Waals surface area contributed by atoms with E-state index < -0.39 is 0 Å². The van der Waals surface area contributed by atoms with Crippen LogP contribution in [0.4, 0.5) is 0 Å². The molecule has 18 heavy (non-hydrogen) atoms. The summed E-state index contributed by atoms with van der Waals surface area (Å²) in [6.07, 6.45) is 3.64. The van der Waals surface area contributed by atoms with Gasteiger partial charge in [-0.2, -0.15) is 12.6 Å². The maximum Gasteiger partial charge on any atom is 0.0472 e. The van der Waals surface area contributed by atoms with E-state index in [1.165, 1.54) is 45.4 Å². The summed E-state index contributed by atoms with van der Waals surface area (Å²) in [6, 6.07) is 0.664. The van der Waals surface area contributed by atoms with Crippen LogP contribution in [0.1, 0.15) is 26.2 Å². The Morgan fingerprint density at radius 3 is 2.67 bits per heavy atom. The third kappa shape index (κ3) is 3.62. The van der Waals surface area contributed by atoms with Gasteiger partial charge < -0.3 is 9.64 Å². The van der Waals surface area contributed by atoms with Crippen LogP contribution in [0.3, 0.4) is 0 Å². The van der Waals surface area contributed by atoms with E-state index >= 15 is 0 Å². The molecule has 0 aromatic carbocycles. The van der Waals surface area contributed by atoms with Crippen LogP contribution >= 0.6 is 12.6 Å².